The summed E-state index contributed by atoms with van der Waals surface area (Å²) in [7, 11) is 0. The summed E-state index contributed by atoms with van der Waals surface area (Å²) in [5, 5.41) is 1.24. The summed E-state index contributed by atoms with van der Waals surface area (Å²) in [6, 6.07) is 4.33. The van der Waals surface area contributed by atoms with Crippen LogP contribution in [0.4, 0.5) is 13.2 Å². The van der Waals surface area contributed by atoms with Gasteiger partial charge in [-0.1, -0.05) is 6.92 Å². The molecule has 5 nitrogen and oxygen atoms in total. The van der Waals surface area contributed by atoms with E-state index in [9.17, 15) is 18.0 Å². The zero-order valence-corrected chi connectivity index (χ0v) is 17.2. The van der Waals surface area contributed by atoms with Crippen molar-refractivity contribution in [3.8, 4) is 0 Å². The Balaban J connectivity index is 1.77. The number of rotatable bonds is 6. The predicted molar refractivity (Wildman–Crippen MR) is 108 cm³/mol. The Kier molecular flexibility index (Phi) is 5.46. The number of aromatic nitrogens is 3. The summed E-state index contributed by atoms with van der Waals surface area (Å²) < 4.78 is 48.3. The third-order valence-electron chi connectivity index (χ3n) is 4.73. The zero-order chi connectivity index (χ0) is 21.4. The van der Waals surface area contributed by atoms with Gasteiger partial charge in [-0.05, 0) is 31.0 Å². The highest BCUT2D eigenvalue weighted by molar-refractivity contribution is 7.18. The largest absolute Gasteiger partial charge is 0.465 e. The van der Waals surface area contributed by atoms with Crippen molar-refractivity contribution in [2.75, 3.05) is 6.61 Å². The van der Waals surface area contributed by atoms with Gasteiger partial charge in [0.1, 0.15) is 23.5 Å². The van der Waals surface area contributed by atoms with Gasteiger partial charge in [0, 0.05) is 29.8 Å². The molecule has 4 rings (SSSR count). The van der Waals surface area contributed by atoms with Gasteiger partial charge in [-0.25, -0.2) is 23.1 Å². The number of halogens is 3. The summed E-state index contributed by atoms with van der Waals surface area (Å²) in [6.07, 6.45) is 2.77. The summed E-state index contributed by atoms with van der Waals surface area (Å²) in [6.45, 7) is 3.99. The van der Waals surface area contributed by atoms with Crippen molar-refractivity contribution in [1.29, 1.82) is 0 Å². The molecular weight excluding hydrogens is 415 g/mol. The van der Waals surface area contributed by atoms with Crippen LogP contribution in [0.25, 0.3) is 21.3 Å². The molecule has 0 saturated heterocycles. The van der Waals surface area contributed by atoms with E-state index in [0.717, 1.165) is 34.4 Å². The number of nitrogens with zero attached hydrogens (tertiary/aromatic N) is 3. The molecule has 0 aliphatic carbocycles. The highest BCUT2D eigenvalue weighted by Gasteiger charge is 2.19. The van der Waals surface area contributed by atoms with Gasteiger partial charge in [-0.15, -0.1) is 11.3 Å². The van der Waals surface area contributed by atoms with Gasteiger partial charge in [0.2, 0.25) is 0 Å². The molecule has 0 saturated carbocycles. The molecule has 3 heterocycles. The number of esters is 1. The van der Waals surface area contributed by atoms with Gasteiger partial charge >= 0.3 is 5.97 Å². The molecule has 0 aliphatic rings. The van der Waals surface area contributed by atoms with E-state index in [1.54, 1.807) is 17.7 Å². The van der Waals surface area contributed by atoms with Crippen molar-refractivity contribution in [3.05, 3.63) is 58.1 Å². The number of carbonyl (C=O) groups excluding carboxylic acids is 1. The van der Waals surface area contributed by atoms with Crippen LogP contribution in [0.5, 0.6) is 0 Å². The second-order valence-electron chi connectivity index (χ2n) is 6.73. The van der Waals surface area contributed by atoms with Crippen molar-refractivity contribution in [2.24, 2.45) is 0 Å². The molecule has 1 aromatic carbocycles. The molecule has 0 bridgehead atoms. The Morgan fingerprint density at radius 3 is 2.70 bits per heavy atom. The number of pyridine rings is 1. The number of carbonyl (C=O) groups is 1. The molecule has 0 unspecified atom stereocenters. The first-order chi connectivity index (χ1) is 14.4. The van der Waals surface area contributed by atoms with E-state index in [1.165, 1.54) is 0 Å². The van der Waals surface area contributed by atoms with E-state index in [-0.39, 0.29) is 35.8 Å². The number of aryl methyl sites for hydroxylation is 1. The Morgan fingerprint density at radius 1 is 1.17 bits per heavy atom. The second-order valence-corrected chi connectivity index (χ2v) is 7.81. The smallest absolute Gasteiger partial charge is 0.325 e. The van der Waals surface area contributed by atoms with Crippen LogP contribution in [0, 0.1) is 17.5 Å². The Labute approximate surface area is 174 Å². The first-order valence-corrected chi connectivity index (χ1v) is 10.3. The van der Waals surface area contributed by atoms with Crippen molar-refractivity contribution < 1.29 is 22.7 Å². The minimum atomic E-state index is -1.26. The monoisotopic (exact) mass is 433 g/mol. The maximum atomic E-state index is 14.0. The van der Waals surface area contributed by atoms with Crippen LogP contribution >= 0.6 is 11.3 Å². The standard InChI is InChI=1S/C21H18F3N3O2S/c1-3-12-5-6-13-11(9-27(21(13)25-12)10-17(28)29-4-2)7-16-26-19-18(24)14(22)8-15(23)20(19)30-16/h5-6,8-9H,3-4,7,10H2,1-2H3. The Morgan fingerprint density at radius 2 is 1.97 bits per heavy atom. The van der Waals surface area contributed by atoms with Crippen LogP contribution in [0.3, 0.4) is 0 Å². The summed E-state index contributed by atoms with van der Waals surface area (Å²) in [4.78, 5) is 20.7. The zero-order valence-electron chi connectivity index (χ0n) is 16.3. The maximum absolute atomic E-state index is 14.0. The van der Waals surface area contributed by atoms with Gasteiger partial charge in [-0.2, -0.15) is 0 Å². The predicted octanol–water partition coefficient (Wildman–Crippen LogP) is 4.78. The molecule has 0 fully saturated rings. The topological polar surface area (TPSA) is 57.0 Å². The maximum Gasteiger partial charge on any atom is 0.325 e. The molecular formula is C21H18F3N3O2S. The summed E-state index contributed by atoms with van der Waals surface area (Å²) >= 11 is 0.975. The molecule has 0 atom stereocenters. The normalized spacial score (nSPS) is 11.5. The van der Waals surface area contributed by atoms with E-state index >= 15 is 0 Å². The van der Waals surface area contributed by atoms with Crippen LogP contribution in [-0.2, 0) is 28.9 Å². The lowest BCUT2D eigenvalue weighted by atomic mass is 10.1. The van der Waals surface area contributed by atoms with Crippen LogP contribution < -0.4 is 0 Å². The minimum absolute atomic E-state index is 0.00117. The fraction of sp³-hybridized carbons (Fsp3) is 0.286. The molecule has 0 aliphatic heterocycles. The Hall–Kier alpha value is -2.94. The Bertz CT molecular complexity index is 1270. The average Bonchev–Trinajstić information content (AvgIpc) is 3.29. The third-order valence-corrected chi connectivity index (χ3v) is 5.79. The average molecular weight is 433 g/mol. The van der Waals surface area contributed by atoms with Crippen LogP contribution in [0.15, 0.2) is 24.4 Å². The number of ether oxygens (including phenoxy) is 1. The van der Waals surface area contributed by atoms with Gasteiger partial charge in [-0.3, -0.25) is 4.79 Å². The number of fused-ring (bicyclic) bond motifs is 2. The fourth-order valence-electron chi connectivity index (χ4n) is 3.35. The highest BCUT2D eigenvalue weighted by atomic mass is 32.1. The number of thiazole rings is 1. The third kappa shape index (κ3) is 3.65. The van der Waals surface area contributed by atoms with Crippen molar-refractivity contribution in [2.45, 2.75) is 33.2 Å². The van der Waals surface area contributed by atoms with Crippen LogP contribution in [0.2, 0.25) is 0 Å². The van der Waals surface area contributed by atoms with E-state index in [0.29, 0.717) is 16.7 Å². The lowest BCUT2D eigenvalue weighted by molar-refractivity contribution is -0.143. The highest BCUT2D eigenvalue weighted by Crippen LogP contribution is 2.31. The quantitative estimate of drug-likeness (QED) is 0.324. The fourth-order valence-corrected chi connectivity index (χ4v) is 4.34. The first-order valence-electron chi connectivity index (χ1n) is 9.47. The van der Waals surface area contributed by atoms with E-state index < -0.39 is 17.5 Å². The second kappa shape index (κ2) is 8.06. The first kappa shape index (κ1) is 20.3. The lowest BCUT2D eigenvalue weighted by Gasteiger charge is -2.05. The van der Waals surface area contributed by atoms with Crippen molar-refractivity contribution in [1.82, 2.24) is 14.5 Å². The number of hydrogen-bond donors (Lipinski definition) is 0. The molecule has 9 heteroatoms. The van der Waals surface area contributed by atoms with Gasteiger partial charge < -0.3 is 9.30 Å². The molecule has 4 aromatic rings. The van der Waals surface area contributed by atoms with Crippen LogP contribution in [-0.4, -0.2) is 27.1 Å². The lowest BCUT2D eigenvalue weighted by Crippen LogP contribution is -2.13. The van der Waals surface area contributed by atoms with Gasteiger partial charge in [0.05, 0.1) is 16.3 Å². The number of hydrogen-bond acceptors (Lipinski definition) is 5. The van der Waals surface area contributed by atoms with Crippen molar-refractivity contribution >= 4 is 38.6 Å². The SMILES string of the molecule is CCOC(=O)Cn1cc(Cc2nc3c(F)c(F)cc(F)c3s2)c2ccc(CC)nc21. The number of benzene rings is 1. The van der Waals surface area contributed by atoms with Gasteiger partial charge in [0.15, 0.2) is 11.6 Å². The molecule has 30 heavy (non-hydrogen) atoms. The molecule has 0 radical (unpaired) electrons. The van der Waals surface area contributed by atoms with Gasteiger partial charge in [0.25, 0.3) is 0 Å². The summed E-state index contributed by atoms with van der Waals surface area (Å²) in [5.41, 5.74) is 1.98. The van der Waals surface area contributed by atoms with Crippen LogP contribution in [0.1, 0.15) is 30.1 Å². The molecule has 0 amide bonds. The molecule has 3 aromatic heterocycles. The van der Waals surface area contributed by atoms with Crippen molar-refractivity contribution in [3.63, 3.8) is 0 Å². The summed E-state index contributed by atoms with van der Waals surface area (Å²) in [5.74, 6) is -3.65. The van der Waals surface area contributed by atoms with E-state index in [1.807, 2.05) is 19.1 Å². The molecule has 156 valence electrons. The van der Waals surface area contributed by atoms with E-state index in [2.05, 4.69) is 9.97 Å². The molecule has 0 spiro atoms. The van der Waals surface area contributed by atoms with E-state index in [4.69, 9.17) is 4.74 Å². The molecule has 0 N–H and O–H groups in total. The minimum Gasteiger partial charge on any atom is -0.465 e.